The Morgan fingerprint density at radius 2 is 1.83 bits per heavy atom. The molecule has 0 aliphatic carbocycles. The Kier molecular flexibility index (Phi) is 7.51. The molecule has 0 saturated heterocycles. The average molecular weight is 249 g/mol. The van der Waals surface area contributed by atoms with Gasteiger partial charge in [-0.2, -0.15) is 0 Å². The third kappa shape index (κ3) is 5.54. The summed E-state index contributed by atoms with van der Waals surface area (Å²) in [5.41, 5.74) is 1.39. The fourth-order valence-corrected chi connectivity index (χ4v) is 2.12. The first-order valence-corrected chi connectivity index (χ1v) is 7.16. The topological polar surface area (TPSA) is 21.3 Å². The molecular formula is C16H27NO. The molecule has 1 N–H and O–H groups in total. The van der Waals surface area contributed by atoms with Crippen molar-refractivity contribution in [2.45, 2.75) is 52.0 Å². The zero-order valence-electron chi connectivity index (χ0n) is 12.0. The molecule has 0 heterocycles. The van der Waals surface area contributed by atoms with Gasteiger partial charge in [0.1, 0.15) is 5.75 Å². The zero-order chi connectivity index (χ0) is 13.2. The highest BCUT2D eigenvalue weighted by Crippen LogP contribution is 2.14. The molecule has 0 amide bonds. The Bertz CT molecular complexity index is 299. The second-order valence-electron chi connectivity index (χ2n) is 4.85. The molecule has 102 valence electrons. The van der Waals surface area contributed by atoms with E-state index in [1.54, 1.807) is 7.11 Å². The lowest BCUT2D eigenvalue weighted by Gasteiger charge is -2.18. The van der Waals surface area contributed by atoms with Crippen LogP contribution in [0.1, 0.15) is 45.1 Å². The van der Waals surface area contributed by atoms with Gasteiger partial charge in [0.05, 0.1) is 7.11 Å². The van der Waals surface area contributed by atoms with Crippen molar-refractivity contribution in [1.29, 1.82) is 0 Å². The van der Waals surface area contributed by atoms with Crippen LogP contribution in [-0.4, -0.2) is 19.7 Å². The van der Waals surface area contributed by atoms with Crippen LogP contribution in [-0.2, 0) is 6.42 Å². The molecule has 0 saturated carbocycles. The smallest absolute Gasteiger partial charge is 0.118 e. The summed E-state index contributed by atoms with van der Waals surface area (Å²) in [6.07, 6.45) is 6.15. The predicted molar refractivity (Wildman–Crippen MR) is 78.3 cm³/mol. The minimum Gasteiger partial charge on any atom is -0.497 e. The van der Waals surface area contributed by atoms with E-state index in [-0.39, 0.29) is 0 Å². The third-order valence-electron chi connectivity index (χ3n) is 3.23. The molecule has 18 heavy (non-hydrogen) atoms. The van der Waals surface area contributed by atoms with E-state index in [4.69, 9.17) is 4.74 Å². The summed E-state index contributed by atoms with van der Waals surface area (Å²) in [5.74, 6) is 0.936. The minimum atomic E-state index is 0.610. The van der Waals surface area contributed by atoms with E-state index < -0.39 is 0 Å². The van der Waals surface area contributed by atoms with Crippen molar-refractivity contribution >= 4 is 0 Å². The van der Waals surface area contributed by atoms with E-state index in [9.17, 15) is 0 Å². The third-order valence-corrected chi connectivity index (χ3v) is 3.23. The van der Waals surface area contributed by atoms with Gasteiger partial charge >= 0.3 is 0 Å². The summed E-state index contributed by atoms with van der Waals surface area (Å²) in [7, 11) is 1.71. The lowest BCUT2D eigenvalue weighted by atomic mass is 10.0. The number of hydrogen-bond donors (Lipinski definition) is 1. The molecule has 1 aromatic carbocycles. The second-order valence-corrected chi connectivity index (χ2v) is 4.85. The van der Waals surface area contributed by atoms with Crippen LogP contribution in [0.2, 0.25) is 0 Å². The number of benzene rings is 1. The van der Waals surface area contributed by atoms with E-state index in [2.05, 4.69) is 31.3 Å². The molecule has 1 unspecified atom stereocenters. The molecular weight excluding hydrogens is 222 g/mol. The lowest BCUT2D eigenvalue weighted by Crippen LogP contribution is -2.31. The van der Waals surface area contributed by atoms with Crippen molar-refractivity contribution in [3.05, 3.63) is 29.8 Å². The Morgan fingerprint density at radius 1 is 1.11 bits per heavy atom. The first-order chi connectivity index (χ1) is 8.80. The van der Waals surface area contributed by atoms with Crippen LogP contribution < -0.4 is 10.1 Å². The van der Waals surface area contributed by atoms with Crippen LogP contribution in [0.15, 0.2) is 24.3 Å². The van der Waals surface area contributed by atoms with Crippen LogP contribution in [0.25, 0.3) is 0 Å². The highest BCUT2D eigenvalue weighted by molar-refractivity contribution is 5.27. The molecule has 0 aromatic heterocycles. The molecule has 0 aliphatic heterocycles. The lowest BCUT2D eigenvalue weighted by molar-refractivity contribution is 0.414. The SMILES string of the molecule is CCCCC(Cc1ccc(OC)cc1)NCCC. The van der Waals surface area contributed by atoms with E-state index in [0.717, 1.165) is 18.7 Å². The van der Waals surface area contributed by atoms with Gasteiger partial charge in [-0.05, 0) is 43.5 Å². The van der Waals surface area contributed by atoms with E-state index in [1.165, 1.54) is 31.2 Å². The van der Waals surface area contributed by atoms with Gasteiger partial charge in [0.25, 0.3) is 0 Å². The van der Waals surface area contributed by atoms with Gasteiger partial charge in [-0.3, -0.25) is 0 Å². The normalized spacial score (nSPS) is 12.4. The number of ether oxygens (including phenoxy) is 1. The van der Waals surface area contributed by atoms with E-state index >= 15 is 0 Å². The molecule has 1 aromatic rings. The maximum Gasteiger partial charge on any atom is 0.118 e. The number of nitrogens with one attached hydrogen (secondary N) is 1. The van der Waals surface area contributed by atoms with Gasteiger partial charge in [0.2, 0.25) is 0 Å². The molecule has 0 aliphatic rings. The summed E-state index contributed by atoms with van der Waals surface area (Å²) in [6.45, 7) is 5.59. The highest BCUT2D eigenvalue weighted by Gasteiger charge is 2.08. The zero-order valence-corrected chi connectivity index (χ0v) is 12.0. The van der Waals surface area contributed by atoms with Gasteiger partial charge < -0.3 is 10.1 Å². The average Bonchev–Trinajstić information content (AvgIpc) is 2.42. The summed E-state index contributed by atoms with van der Waals surface area (Å²) < 4.78 is 5.19. The van der Waals surface area contributed by atoms with Crippen molar-refractivity contribution in [2.24, 2.45) is 0 Å². The molecule has 1 atom stereocenters. The summed E-state index contributed by atoms with van der Waals surface area (Å²) in [5, 5.41) is 3.65. The van der Waals surface area contributed by atoms with Crippen molar-refractivity contribution in [3.63, 3.8) is 0 Å². The molecule has 2 heteroatoms. The summed E-state index contributed by atoms with van der Waals surface area (Å²) >= 11 is 0. The van der Waals surface area contributed by atoms with Gasteiger partial charge in [-0.1, -0.05) is 38.8 Å². The van der Waals surface area contributed by atoms with Crippen LogP contribution in [0.5, 0.6) is 5.75 Å². The van der Waals surface area contributed by atoms with Gasteiger partial charge in [-0.15, -0.1) is 0 Å². The van der Waals surface area contributed by atoms with Crippen molar-refractivity contribution in [2.75, 3.05) is 13.7 Å². The summed E-state index contributed by atoms with van der Waals surface area (Å²) in [6, 6.07) is 9.05. The standard InChI is InChI=1S/C16H27NO/c1-4-6-7-15(17-12-5-2)13-14-8-10-16(18-3)11-9-14/h8-11,15,17H,4-7,12-13H2,1-3H3. The minimum absolute atomic E-state index is 0.610. The Morgan fingerprint density at radius 3 is 2.39 bits per heavy atom. The molecule has 0 bridgehead atoms. The number of hydrogen-bond acceptors (Lipinski definition) is 2. The van der Waals surface area contributed by atoms with Crippen molar-refractivity contribution in [3.8, 4) is 5.75 Å². The maximum atomic E-state index is 5.19. The Balaban J connectivity index is 2.51. The molecule has 0 spiro atoms. The number of unbranched alkanes of at least 4 members (excludes halogenated alkanes) is 1. The number of rotatable bonds is 9. The van der Waals surface area contributed by atoms with Crippen LogP contribution in [0, 0.1) is 0 Å². The predicted octanol–water partition coefficient (Wildman–Crippen LogP) is 3.80. The molecule has 2 nitrogen and oxygen atoms in total. The fourth-order valence-electron chi connectivity index (χ4n) is 2.12. The fraction of sp³-hybridized carbons (Fsp3) is 0.625. The highest BCUT2D eigenvalue weighted by atomic mass is 16.5. The van der Waals surface area contributed by atoms with E-state index in [0.29, 0.717) is 6.04 Å². The first kappa shape index (κ1) is 15.0. The van der Waals surface area contributed by atoms with Crippen LogP contribution in [0.3, 0.4) is 0 Å². The molecule has 0 radical (unpaired) electrons. The van der Waals surface area contributed by atoms with Gasteiger partial charge in [-0.25, -0.2) is 0 Å². The quantitative estimate of drug-likeness (QED) is 0.719. The Labute approximate surface area is 112 Å². The molecule has 1 rings (SSSR count). The van der Waals surface area contributed by atoms with Gasteiger partial charge in [0.15, 0.2) is 0 Å². The monoisotopic (exact) mass is 249 g/mol. The first-order valence-electron chi connectivity index (χ1n) is 7.16. The van der Waals surface area contributed by atoms with E-state index in [1.807, 2.05) is 12.1 Å². The van der Waals surface area contributed by atoms with Crippen molar-refractivity contribution in [1.82, 2.24) is 5.32 Å². The second kappa shape index (κ2) is 8.98. The van der Waals surface area contributed by atoms with Crippen LogP contribution in [0.4, 0.5) is 0 Å². The largest absolute Gasteiger partial charge is 0.497 e. The maximum absolute atomic E-state index is 5.19. The number of methoxy groups -OCH3 is 1. The summed E-state index contributed by atoms with van der Waals surface area (Å²) in [4.78, 5) is 0. The Hall–Kier alpha value is -1.02. The van der Waals surface area contributed by atoms with Crippen LogP contribution >= 0.6 is 0 Å². The molecule has 0 fully saturated rings. The van der Waals surface area contributed by atoms with Crippen molar-refractivity contribution < 1.29 is 4.74 Å². The van der Waals surface area contributed by atoms with Gasteiger partial charge in [0, 0.05) is 6.04 Å².